The average Bonchev–Trinajstić information content (AvgIpc) is 2.78. The maximum atomic E-state index is 9.09. The fourth-order valence-corrected chi connectivity index (χ4v) is 3.59. The second kappa shape index (κ2) is 4.20. The van der Waals surface area contributed by atoms with Gasteiger partial charge in [0.1, 0.15) is 5.75 Å². The minimum Gasteiger partial charge on any atom is -0.497 e. The van der Waals surface area contributed by atoms with E-state index in [0.29, 0.717) is 11.5 Å². The normalized spacial score (nSPS) is 30.0. The van der Waals surface area contributed by atoms with Crippen molar-refractivity contribution in [2.45, 2.75) is 37.1 Å². The van der Waals surface area contributed by atoms with Crippen LogP contribution in [0.2, 0.25) is 0 Å². The van der Waals surface area contributed by atoms with E-state index in [1.807, 2.05) is 17.0 Å². The Kier molecular flexibility index (Phi) is 2.66. The third-order valence-electron chi connectivity index (χ3n) is 4.69. The summed E-state index contributed by atoms with van der Waals surface area (Å²) < 4.78 is 5.22. The van der Waals surface area contributed by atoms with Crippen molar-refractivity contribution < 1.29 is 4.74 Å². The highest BCUT2D eigenvalue weighted by Gasteiger charge is 2.46. The lowest BCUT2D eigenvalue weighted by Gasteiger charge is -2.37. The van der Waals surface area contributed by atoms with Gasteiger partial charge in [-0.1, -0.05) is 12.1 Å². The van der Waals surface area contributed by atoms with Gasteiger partial charge in [-0.3, -0.25) is 0 Å². The summed E-state index contributed by atoms with van der Waals surface area (Å²) >= 11 is 0. The fraction of sp³-hybridized carbons (Fsp3) is 0.533. The Hall–Kier alpha value is -1.69. The van der Waals surface area contributed by atoms with Gasteiger partial charge in [-0.15, -0.1) is 0 Å². The standard InChI is InChI=1S/C15H18N2O/c1-18-14-4-2-12(3-5-14)15-7-6-13(10-15)17(11-16)9-8-15/h2-5,13H,6-10H2,1H3/t13-,15+/m0/s1. The predicted molar refractivity (Wildman–Crippen MR) is 69.2 cm³/mol. The van der Waals surface area contributed by atoms with Crippen molar-refractivity contribution in [3.05, 3.63) is 29.8 Å². The second-order valence-corrected chi connectivity index (χ2v) is 5.45. The maximum Gasteiger partial charge on any atom is 0.179 e. The Morgan fingerprint density at radius 3 is 2.78 bits per heavy atom. The SMILES string of the molecule is COc1ccc([C@@]23CC[C@@H](C2)N(C#N)CC3)cc1. The van der Waals surface area contributed by atoms with Gasteiger partial charge in [-0.25, -0.2) is 0 Å². The Balaban J connectivity index is 1.86. The van der Waals surface area contributed by atoms with E-state index in [1.165, 1.54) is 12.0 Å². The van der Waals surface area contributed by atoms with Crippen LogP contribution in [-0.2, 0) is 5.41 Å². The second-order valence-electron chi connectivity index (χ2n) is 5.45. The van der Waals surface area contributed by atoms with Crippen molar-refractivity contribution in [2.24, 2.45) is 0 Å². The molecule has 0 N–H and O–H groups in total. The highest BCUT2D eigenvalue weighted by atomic mass is 16.5. The van der Waals surface area contributed by atoms with Gasteiger partial charge in [0.05, 0.1) is 7.11 Å². The molecule has 1 aromatic carbocycles. The van der Waals surface area contributed by atoms with Crippen LogP contribution in [0, 0.1) is 11.5 Å². The van der Waals surface area contributed by atoms with Crippen LogP contribution in [0.3, 0.4) is 0 Å². The summed E-state index contributed by atoms with van der Waals surface area (Å²) in [5.41, 5.74) is 1.73. The van der Waals surface area contributed by atoms with Crippen LogP contribution in [0.5, 0.6) is 5.75 Å². The van der Waals surface area contributed by atoms with Crippen LogP contribution in [0.1, 0.15) is 31.2 Å². The topological polar surface area (TPSA) is 36.3 Å². The van der Waals surface area contributed by atoms with E-state index < -0.39 is 0 Å². The summed E-state index contributed by atoms with van der Waals surface area (Å²) in [6, 6.07) is 8.96. The fourth-order valence-electron chi connectivity index (χ4n) is 3.59. The molecule has 1 heterocycles. The molecular formula is C15H18N2O. The van der Waals surface area contributed by atoms with Crippen molar-refractivity contribution in [1.29, 1.82) is 5.26 Å². The van der Waals surface area contributed by atoms with E-state index in [0.717, 1.165) is 31.6 Å². The number of methoxy groups -OCH3 is 1. The molecule has 2 fully saturated rings. The lowest BCUT2D eigenvalue weighted by molar-refractivity contribution is 0.207. The van der Waals surface area contributed by atoms with Crippen molar-refractivity contribution >= 4 is 0 Å². The van der Waals surface area contributed by atoms with Gasteiger partial charge < -0.3 is 9.64 Å². The number of ether oxygens (including phenoxy) is 1. The highest BCUT2D eigenvalue weighted by Crippen LogP contribution is 2.48. The average molecular weight is 242 g/mol. The molecule has 1 saturated heterocycles. The molecule has 3 nitrogen and oxygen atoms in total. The van der Waals surface area contributed by atoms with E-state index >= 15 is 0 Å². The van der Waals surface area contributed by atoms with Gasteiger partial charge in [0.25, 0.3) is 0 Å². The summed E-state index contributed by atoms with van der Waals surface area (Å²) in [5.74, 6) is 0.916. The Labute approximate surface area is 108 Å². The number of piperidine rings is 1. The van der Waals surface area contributed by atoms with Gasteiger partial charge in [-0.05, 0) is 48.8 Å². The number of nitrogens with zero attached hydrogens (tertiary/aromatic N) is 2. The molecule has 1 aromatic rings. The molecular weight excluding hydrogens is 224 g/mol. The Bertz CT molecular complexity index is 476. The van der Waals surface area contributed by atoms with Gasteiger partial charge in [0.2, 0.25) is 0 Å². The van der Waals surface area contributed by atoms with Crippen LogP contribution in [0.4, 0.5) is 0 Å². The van der Waals surface area contributed by atoms with E-state index in [-0.39, 0.29) is 0 Å². The van der Waals surface area contributed by atoms with Gasteiger partial charge in [-0.2, -0.15) is 5.26 Å². The zero-order chi connectivity index (χ0) is 12.6. The summed E-state index contributed by atoms with van der Waals surface area (Å²) in [6.07, 6.45) is 6.93. The number of likely N-dealkylation sites (tertiary alicyclic amines) is 1. The zero-order valence-corrected chi connectivity index (χ0v) is 10.7. The summed E-state index contributed by atoms with van der Waals surface area (Å²) in [6.45, 7) is 0.910. The smallest absolute Gasteiger partial charge is 0.179 e. The van der Waals surface area contributed by atoms with Crippen molar-refractivity contribution in [3.63, 3.8) is 0 Å². The number of nitriles is 1. The summed E-state index contributed by atoms with van der Waals surface area (Å²) in [4.78, 5) is 1.97. The minimum absolute atomic E-state index is 0.310. The molecule has 18 heavy (non-hydrogen) atoms. The van der Waals surface area contributed by atoms with Gasteiger partial charge in [0.15, 0.2) is 6.19 Å². The lowest BCUT2D eigenvalue weighted by atomic mass is 9.74. The molecule has 2 atom stereocenters. The molecule has 0 aromatic heterocycles. The number of benzene rings is 1. The van der Waals surface area contributed by atoms with Crippen LogP contribution < -0.4 is 4.74 Å². The molecule has 1 saturated carbocycles. The molecule has 3 heteroatoms. The summed E-state index contributed by atoms with van der Waals surface area (Å²) in [7, 11) is 1.70. The van der Waals surface area contributed by atoms with E-state index in [1.54, 1.807) is 7.11 Å². The largest absolute Gasteiger partial charge is 0.497 e. The highest BCUT2D eigenvalue weighted by molar-refractivity contribution is 5.34. The molecule has 0 unspecified atom stereocenters. The van der Waals surface area contributed by atoms with Gasteiger partial charge >= 0.3 is 0 Å². The monoisotopic (exact) mass is 242 g/mol. The molecule has 0 spiro atoms. The first-order chi connectivity index (χ1) is 8.77. The minimum atomic E-state index is 0.310. The van der Waals surface area contributed by atoms with Crippen molar-refractivity contribution in [1.82, 2.24) is 4.90 Å². The van der Waals surface area contributed by atoms with Gasteiger partial charge in [0, 0.05) is 12.6 Å². The molecule has 1 aliphatic carbocycles. The molecule has 0 amide bonds. The Morgan fingerprint density at radius 1 is 1.33 bits per heavy atom. The zero-order valence-electron chi connectivity index (χ0n) is 10.7. The Morgan fingerprint density at radius 2 is 2.11 bits per heavy atom. The number of rotatable bonds is 2. The summed E-state index contributed by atoms with van der Waals surface area (Å²) in [5, 5.41) is 9.09. The van der Waals surface area contributed by atoms with Crippen LogP contribution >= 0.6 is 0 Å². The number of fused-ring (bicyclic) bond motifs is 2. The molecule has 2 bridgehead atoms. The molecule has 2 aliphatic rings. The molecule has 1 aliphatic heterocycles. The third kappa shape index (κ3) is 1.64. The quantitative estimate of drug-likeness (QED) is 0.748. The van der Waals surface area contributed by atoms with Crippen molar-refractivity contribution in [2.75, 3.05) is 13.7 Å². The molecule has 3 rings (SSSR count). The first-order valence-corrected chi connectivity index (χ1v) is 6.58. The van der Waals surface area contributed by atoms with E-state index in [4.69, 9.17) is 10.00 Å². The third-order valence-corrected chi connectivity index (χ3v) is 4.69. The van der Waals surface area contributed by atoms with Crippen molar-refractivity contribution in [3.8, 4) is 11.9 Å². The van der Waals surface area contributed by atoms with Crippen LogP contribution in [-0.4, -0.2) is 24.6 Å². The van der Waals surface area contributed by atoms with E-state index in [2.05, 4.69) is 18.3 Å². The maximum absolute atomic E-state index is 9.09. The van der Waals surface area contributed by atoms with E-state index in [9.17, 15) is 0 Å². The lowest BCUT2D eigenvalue weighted by Crippen LogP contribution is -2.40. The van der Waals surface area contributed by atoms with Crippen LogP contribution in [0.25, 0.3) is 0 Å². The molecule has 0 radical (unpaired) electrons. The molecule has 94 valence electrons. The first kappa shape index (κ1) is 11.4. The van der Waals surface area contributed by atoms with Crippen LogP contribution in [0.15, 0.2) is 24.3 Å². The number of hydrogen-bond donors (Lipinski definition) is 0. The number of hydrogen-bond acceptors (Lipinski definition) is 3. The predicted octanol–water partition coefficient (Wildman–Crippen LogP) is 2.67. The first-order valence-electron chi connectivity index (χ1n) is 6.58.